The summed E-state index contributed by atoms with van der Waals surface area (Å²) in [6, 6.07) is 25.8. The van der Waals surface area contributed by atoms with E-state index < -0.39 is 16.1 Å². The molecular weight excluding hydrogens is 445 g/mol. The summed E-state index contributed by atoms with van der Waals surface area (Å²) >= 11 is 4.07. The Labute approximate surface area is 196 Å². The van der Waals surface area contributed by atoms with E-state index in [1.807, 2.05) is 11.3 Å². The average Bonchev–Trinajstić information content (AvgIpc) is 3.39. The van der Waals surface area contributed by atoms with Gasteiger partial charge in [-0.3, -0.25) is 0 Å². The van der Waals surface area contributed by atoms with Crippen molar-refractivity contribution in [2.24, 2.45) is 0 Å². The fourth-order valence-electron chi connectivity index (χ4n) is 4.80. The number of hydrogen-bond acceptors (Lipinski definition) is 2. The molecule has 0 bridgehead atoms. The van der Waals surface area contributed by atoms with E-state index in [4.69, 9.17) is 0 Å². The number of rotatable bonds is 4. The van der Waals surface area contributed by atoms with Crippen molar-refractivity contribution in [2.45, 2.75) is 33.5 Å². The predicted molar refractivity (Wildman–Crippen MR) is 147 cm³/mol. The molecule has 1 aliphatic rings. The average molecular weight is 473 g/mol. The van der Waals surface area contributed by atoms with E-state index in [9.17, 15) is 0 Å². The van der Waals surface area contributed by atoms with Gasteiger partial charge in [-0.05, 0) is 50.7 Å². The Balaban J connectivity index is 1.89. The highest BCUT2D eigenvalue weighted by Crippen LogP contribution is 2.37. The smallest absolute Gasteiger partial charge is 0.144 e. The predicted octanol–water partition coefficient (Wildman–Crippen LogP) is 5.05. The lowest BCUT2D eigenvalue weighted by molar-refractivity contribution is 1.60. The van der Waals surface area contributed by atoms with Crippen LogP contribution >= 0.6 is 22.7 Å². The summed E-state index contributed by atoms with van der Waals surface area (Å²) in [5.74, 6) is 0. The number of aryl methyl sites for hydroxylation is 1. The molecule has 1 aliphatic heterocycles. The van der Waals surface area contributed by atoms with Crippen molar-refractivity contribution in [2.75, 3.05) is 0 Å². The monoisotopic (exact) mass is 472 g/mol. The van der Waals surface area contributed by atoms with Crippen LogP contribution in [0.3, 0.4) is 0 Å². The number of benzene rings is 2. The molecule has 156 valence electrons. The number of fused-ring (bicyclic) bond motifs is 3. The second-order valence-corrected chi connectivity index (χ2v) is 21.1. The molecule has 5 rings (SSSR count). The first kappa shape index (κ1) is 20.9. The van der Waals surface area contributed by atoms with Gasteiger partial charge in [0.25, 0.3) is 0 Å². The van der Waals surface area contributed by atoms with E-state index in [1.54, 1.807) is 19.8 Å². The molecule has 0 amide bonds. The van der Waals surface area contributed by atoms with E-state index in [0.717, 1.165) is 5.57 Å². The molecule has 31 heavy (non-hydrogen) atoms. The van der Waals surface area contributed by atoms with E-state index in [-0.39, 0.29) is 0 Å². The zero-order valence-corrected chi connectivity index (χ0v) is 22.5. The van der Waals surface area contributed by atoms with Gasteiger partial charge >= 0.3 is 0 Å². The third kappa shape index (κ3) is 3.11. The standard InChI is InChI=1S/C27H28S2Si2/c1-18(2)20-12-14-22(15-13-20)31(21-10-8-7-9-11-21)23-16-19(3)28-26(23)27-24(31)17-25(29-27)30(4,5)6/h7-17H,1H2,2-6H3. The fourth-order valence-corrected chi connectivity index (χ4v) is 15.5. The maximum atomic E-state index is 4.15. The van der Waals surface area contributed by atoms with Crippen LogP contribution in [0.2, 0.25) is 19.6 Å². The zero-order valence-electron chi connectivity index (χ0n) is 18.9. The Bertz CT molecular complexity index is 1290. The van der Waals surface area contributed by atoms with Gasteiger partial charge in [0.15, 0.2) is 8.07 Å². The minimum atomic E-state index is -2.31. The molecule has 2 aromatic heterocycles. The highest BCUT2D eigenvalue weighted by molar-refractivity contribution is 7.38. The lowest BCUT2D eigenvalue weighted by atomic mass is 10.1. The molecule has 3 heterocycles. The van der Waals surface area contributed by atoms with Gasteiger partial charge in [-0.1, -0.05) is 92.5 Å². The van der Waals surface area contributed by atoms with Crippen molar-refractivity contribution in [1.29, 1.82) is 0 Å². The van der Waals surface area contributed by atoms with Crippen LogP contribution in [0.5, 0.6) is 0 Å². The lowest BCUT2D eigenvalue weighted by Crippen LogP contribution is -2.72. The van der Waals surface area contributed by atoms with Crippen LogP contribution in [0.1, 0.15) is 17.4 Å². The summed E-state index contributed by atoms with van der Waals surface area (Å²) in [6.45, 7) is 15.9. The summed E-state index contributed by atoms with van der Waals surface area (Å²) in [4.78, 5) is 4.50. The Kier molecular flexibility index (Phi) is 4.90. The first-order valence-corrected chi connectivity index (χ1v) is 17.9. The first-order chi connectivity index (χ1) is 14.7. The van der Waals surface area contributed by atoms with Crippen LogP contribution in [0.25, 0.3) is 15.3 Å². The molecule has 0 nitrogen and oxygen atoms in total. The zero-order chi connectivity index (χ0) is 22.0. The number of allylic oxidation sites excluding steroid dienone is 1. The van der Waals surface area contributed by atoms with Crippen LogP contribution in [0.15, 0.2) is 73.3 Å². The van der Waals surface area contributed by atoms with Crippen molar-refractivity contribution in [3.05, 3.63) is 83.7 Å². The topological polar surface area (TPSA) is 0 Å². The Morgan fingerprint density at radius 1 is 0.806 bits per heavy atom. The van der Waals surface area contributed by atoms with E-state index in [1.165, 1.54) is 25.7 Å². The van der Waals surface area contributed by atoms with Crippen LogP contribution < -0.4 is 25.2 Å². The van der Waals surface area contributed by atoms with Crippen molar-refractivity contribution >= 4 is 69.6 Å². The Morgan fingerprint density at radius 2 is 1.39 bits per heavy atom. The normalized spacial score (nSPS) is 17.5. The van der Waals surface area contributed by atoms with Crippen molar-refractivity contribution in [3.8, 4) is 9.75 Å². The molecular formula is C27H28S2Si2. The highest BCUT2D eigenvalue weighted by Gasteiger charge is 2.51. The molecule has 4 heteroatoms. The maximum absolute atomic E-state index is 4.15. The molecule has 0 radical (unpaired) electrons. The van der Waals surface area contributed by atoms with Crippen molar-refractivity contribution in [1.82, 2.24) is 0 Å². The Morgan fingerprint density at radius 3 is 2.00 bits per heavy atom. The van der Waals surface area contributed by atoms with Gasteiger partial charge < -0.3 is 0 Å². The summed E-state index contributed by atoms with van der Waals surface area (Å²) < 4.78 is 1.63. The van der Waals surface area contributed by atoms with E-state index in [2.05, 4.69) is 118 Å². The summed E-state index contributed by atoms with van der Waals surface area (Å²) in [5, 5.41) is 6.19. The van der Waals surface area contributed by atoms with Crippen molar-refractivity contribution in [3.63, 3.8) is 0 Å². The summed E-state index contributed by atoms with van der Waals surface area (Å²) in [5.41, 5.74) is 2.35. The molecule has 0 saturated heterocycles. The van der Waals surface area contributed by atoms with E-state index >= 15 is 0 Å². The Hall–Kier alpha value is -1.99. The van der Waals surface area contributed by atoms with Crippen LogP contribution in [0.4, 0.5) is 0 Å². The molecule has 0 fully saturated rings. The minimum Gasteiger partial charge on any atom is -0.144 e. The van der Waals surface area contributed by atoms with Gasteiger partial charge in [0.2, 0.25) is 0 Å². The van der Waals surface area contributed by atoms with Crippen LogP contribution in [-0.4, -0.2) is 16.1 Å². The fraction of sp³-hybridized carbons (Fsp3) is 0.185. The molecule has 0 spiro atoms. The van der Waals surface area contributed by atoms with Crippen LogP contribution in [-0.2, 0) is 0 Å². The maximum Gasteiger partial charge on any atom is 0.182 e. The van der Waals surface area contributed by atoms with Gasteiger partial charge in [-0.25, -0.2) is 0 Å². The van der Waals surface area contributed by atoms with Gasteiger partial charge in [0, 0.05) is 14.6 Å². The van der Waals surface area contributed by atoms with Gasteiger partial charge in [0.05, 0.1) is 8.07 Å². The van der Waals surface area contributed by atoms with Gasteiger partial charge in [0.1, 0.15) is 0 Å². The van der Waals surface area contributed by atoms with Crippen LogP contribution in [0, 0.1) is 6.92 Å². The third-order valence-corrected chi connectivity index (χ3v) is 17.5. The second kappa shape index (κ2) is 7.27. The van der Waals surface area contributed by atoms with Crippen molar-refractivity contribution < 1.29 is 0 Å². The molecule has 1 unspecified atom stereocenters. The van der Waals surface area contributed by atoms with E-state index in [0.29, 0.717) is 0 Å². The number of hydrogen-bond donors (Lipinski definition) is 0. The lowest BCUT2D eigenvalue weighted by Gasteiger charge is -2.30. The second-order valence-electron chi connectivity index (χ2n) is 9.68. The highest BCUT2D eigenvalue weighted by atomic mass is 32.1. The largest absolute Gasteiger partial charge is 0.182 e. The van der Waals surface area contributed by atoms with Gasteiger partial charge in [-0.2, -0.15) is 0 Å². The third-order valence-electron chi connectivity index (χ3n) is 6.36. The minimum absolute atomic E-state index is 1.12. The molecule has 2 aromatic carbocycles. The molecule has 0 N–H and O–H groups in total. The SMILES string of the molecule is C=C(C)c1ccc([Si]2(c3ccccc3)c3cc(C)sc3-c3sc([Si](C)(C)C)cc32)cc1. The number of thiophene rings is 2. The molecule has 4 aromatic rings. The quantitative estimate of drug-likeness (QED) is 0.321. The molecule has 0 saturated carbocycles. The summed E-state index contributed by atoms with van der Waals surface area (Å²) in [7, 11) is -3.70. The summed E-state index contributed by atoms with van der Waals surface area (Å²) in [6.07, 6.45) is 0. The molecule has 0 aliphatic carbocycles. The molecule has 1 atom stereocenters. The first-order valence-electron chi connectivity index (χ1n) is 10.8. The van der Waals surface area contributed by atoms with Gasteiger partial charge in [-0.15, -0.1) is 22.7 Å².